The summed E-state index contributed by atoms with van der Waals surface area (Å²) in [5.74, 6) is 0. The van der Waals surface area contributed by atoms with Crippen molar-refractivity contribution in [1.82, 2.24) is 0 Å². The number of hydrogen-bond acceptors (Lipinski definition) is 0. The molecule has 0 aromatic heterocycles. The van der Waals surface area contributed by atoms with Gasteiger partial charge in [-0.1, -0.05) is 55.0 Å². The minimum absolute atomic E-state index is 0. The van der Waals surface area contributed by atoms with E-state index >= 15 is 0 Å². The van der Waals surface area contributed by atoms with Gasteiger partial charge in [-0.3, -0.25) is 0 Å². The molecule has 164 valence electrons. The van der Waals surface area contributed by atoms with E-state index in [0.29, 0.717) is 0 Å². The molecule has 2 aliphatic rings. The quantitative estimate of drug-likeness (QED) is 0.244. The molecule has 0 bridgehead atoms. The van der Waals surface area contributed by atoms with Crippen LogP contribution < -0.4 is 30.0 Å². The van der Waals surface area contributed by atoms with Gasteiger partial charge in [-0.15, -0.1) is 5.56 Å². The molecule has 3 aromatic carbocycles. The van der Waals surface area contributed by atoms with Crippen molar-refractivity contribution >= 4 is 16.5 Å². The van der Waals surface area contributed by atoms with Gasteiger partial charge in [0, 0.05) is 8.07 Å². The van der Waals surface area contributed by atoms with Crippen molar-refractivity contribution in [3.05, 3.63) is 83.9 Å². The first-order valence-electron chi connectivity index (χ1n) is 10.8. The van der Waals surface area contributed by atoms with Crippen LogP contribution >= 0.6 is 0 Å². The summed E-state index contributed by atoms with van der Waals surface area (Å²) in [5.41, 5.74) is 5.51. The summed E-state index contributed by atoms with van der Waals surface area (Å²) in [6.45, 7) is 7.09. The van der Waals surface area contributed by atoms with Crippen molar-refractivity contribution in [1.29, 1.82) is 0 Å². The molecular formula is C27H32Cl2SiZr-2. The van der Waals surface area contributed by atoms with Crippen LogP contribution in [0.5, 0.6) is 0 Å². The summed E-state index contributed by atoms with van der Waals surface area (Å²) < 4.78 is 1.80. The second-order valence-electron chi connectivity index (χ2n) is 8.98. The van der Waals surface area contributed by atoms with Crippen molar-refractivity contribution in [3.63, 3.8) is 0 Å². The second kappa shape index (κ2) is 13.8. The summed E-state index contributed by atoms with van der Waals surface area (Å²) in [4.78, 5) is 0. The molecule has 1 fully saturated rings. The van der Waals surface area contributed by atoms with Crippen LogP contribution in [-0.2, 0) is 30.7 Å². The maximum atomic E-state index is 3.30. The van der Waals surface area contributed by atoms with Gasteiger partial charge >= 0.3 is 59.5 Å². The number of rotatable bonds is 1. The molecule has 3 aromatic rings. The Morgan fingerprint density at radius 1 is 0.871 bits per heavy atom. The Morgan fingerprint density at radius 3 is 2.10 bits per heavy atom. The van der Waals surface area contributed by atoms with E-state index in [4.69, 9.17) is 0 Å². The molecule has 31 heavy (non-hydrogen) atoms. The summed E-state index contributed by atoms with van der Waals surface area (Å²) >= 11 is 1.69. The molecule has 0 N–H and O–H groups in total. The fraction of sp³-hybridized carbons (Fsp3) is 0.333. The SMILES string of the molecule is C[Si](C)(C)c1cc[cH-]c1.[Cl-].[Cl-].[Zr+2]=[C]1CCCCC1.[c-]1cccc2c1Cc1ccccc1-2. The van der Waals surface area contributed by atoms with Crippen molar-refractivity contribution < 1.29 is 49.0 Å². The van der Waals surface area contributed by atoms with E-state index in [9.17, 15) is 0 Å². The largest absolute Gasteiger partial charge is 0.179 e. The summed E-state index contributed by atoms with van der Waals surface area (Å²) in [7, 11) is -0.981. The fourth-order valence-electron chi connectivity index (χ4n) is 3.85. The van der Waals surface area contributed by atoms with Gasteiger partial charge in [-0.05, 0) is 6.42 Å². The molecule has 2 aliphatic carbocycles. The van der Waals surface area contributed by atoms with Crippen LogP contribution in [0.15, 0.2) is 66.7 Å². The standard InChI is InChI=1S/C13H9.C8H13Si.C6H10.2ClH.Zr/c1-3-7-12-10(5-1)9-11-6-2-4-8-13(11)12;1-9(2,3)8-6-4-5-7-8;1-2-4-6-5-3-1;;;/h1-5,7-8H,9H2;4-7H,1-3H3;1-5H2;2*1H;/q2*-1;;;;+2/p-2. The zero-order valence-electron chi connectivity index (χ0n) is 18.8. The average molecular weight is 547 g/mol. The number of hydrogen-bond donors (Lipinski definition) is 0. The molecule has 0 nitrogen and oxygen atoms in total. The van der Waals surface area contributed by atoms with E-state index in [-0.39, 0.29) is 24.8 Å². The van der Waals surface area contributed by atoms with Gasteiger partial charge in [0.25, 0.3) is 0 Å². The normalized spacial score (nSPS) is 13.8. The van der Waals surface area contributed by atoms with Crippen LogP contribution in [0.1, 0.15) is 43.2 Å². The topological polar surface area (TPSA) is 0 Å². The van der Waals surface area contributed by atoms with Crippen LogP contribution in [-0.4, -0.2) is 11.3 Å². The Hall–Kier alpha value is -0.660. The minimum atomic E-state index is -0.981. The third kappa shape index (κ3) is 8.65. The van der Waals surface area contributed by atoms with Gasteiger partial charge in [-0.25, -0.2) is 11.3 Å². The van der Waals surface area contributed by atoms with Crippen LogP contribution in [0.3, 0.4) is 0 Å². The Balaban J connectivity index is 0.000000238. The van der Waals surface area contributed by atoms with E-state index in [2.05, 4.69) is 86.4 Å². The average Bonchev–Trinajstić information content (AvgIpc) is 3.38. The van der Waals surface area contributed by atoms with Crippen LogP contribution in [0, 0.1) is 6.07 Å². The first-order chi connectivity index (χ1) is 13.9. The predicted octanol–water partition coefficient (Wildman–Crippen LogP) is 0.686. The monoisotopic (exact) mass is 544 g/mol. The minimum Gasteiger partial charge on any atom is -0.179 e. The Morgan fingerprint density at radius 2 is 1.55 bits per heavy atom. The summed E-state index contributed by atoms with van der Waals surface area (Å²) in [6.07, 6.45) is 8.36. The van der Waals surface area contributed by atoms with E-state index in [1.165, 1.54) is 54.4 Å². The van der Waals surface area contributed by atoms with Gasteiger partial charge in [0.1, 0.15) is 0 Å². The molecule has 0 spiro atoms. The molecule has 0 atom stereocenters. The van der Waals surface area contributed by atoms with E-state index in [0.717, 1.165) is 6.42 Å². The molecule has 1 saturated carbocycles. The predicted molar refractivity (Wildman–Crippen MR) is 127 cm³/mol. The van der Waals surface area contributed by atoms with Gasteiger partial charge in [0.2, 0.25) is 0 Å². The van der Waals surface area contributed by atoms with E-state index in [1.54, 1.807) is 32.6 Å². The number of fused-ring (bicyclic) bond motifs is 3. The van der Waals surface area contributed by atoms with Crippen LogP contribution in [0.25, 0.3) is 11.1 Å². The molecule has 0 saturated heterocycles. The van der Waals surface area contributed by atoms with Gasteiger partial charge < -0.3 is 24.8 Å². The van der Waals surface area contributed by atoms with Gasteiger partial charge in [0.15, 0.2) is 0 Å². The first kappa shape index (κ1) is 28.4. The van der Waals surface area contributed by atoms with Crippen molar-refractivity contribution in [2.75, 3.05) is 0 Å². The van der Waals surface area contributed by atoms with E-state index in [1.807, 2.05) is 6.07 Å². The second-order valence-corrected chi connectivity index (χ2v) is 15.8. The maximum absolute atomic E-state index is 3.30. The molecule has 5 rings (SSSR count). The molecule has 0 unspecified atom stereocenters. The molecule has 0 amide bonds. The Bertz CT molecular complexity index is 875. The Labute approximate surface area is 217 Å². The van der Waals surface area contributed by atoms with Crippen LogP contribution in [0.2, 0.25) is 19.6 Å². The fourth-order valence-corrected chi connectivity index (χ4v) is 5.91. The van der Waals surface area contributed by atoms with Crippen molar-refractivity contribution in [2.45, 2.75) is 58.2 Å². The Kier molecular flexibility index (Phi) is 12.6. The zero-order valence-corrected chi connectivity index (χ0v) is 23.8. The molecule has 0 aliphatic heterocycles. The smallest absolute Gasteiger partial charge is 0.0253 e. The van der Waals surface area contributed by atoms with Gasteiger partial charge in [-0.2, -0.15) is 48.0 Å². The molecule has 0 radical (unpaired) electrons. The van der Waals surface area contributed by atoms with Crippen molar-refractivity contribution in [2.24, 2.45) is 0 Å². The molecule has 4 heteroatoms. The van der Waals surface area contributed by atoms with E-state index < -0.39 is 8.07 Å². The van der Waals surface area contributed by atoms with Gasteiger partial charge in [0.05, 0.1) is 0 Å². The molecule has 0 heterocycles. The zero-order chi connectivity index (χ0) is 20.7. The number of benzene rings is 2. The van der Waals surface area contributed by atoms with Crippen molar-refractivity contribution in [3.8, 4) is 11.1 Å². The summed E-state index contributed by atoms with van der Waals surface area (Å²) in [5, 5.41) is 1.56. The van der Waals surface area contributed by atoms with Crippen LogP contribution in [0.4, 0.5) is 0 Å². The maximum Gasteiger partial charge on any atom is -0.0253 e. The first-order valence-corrected chi connectivity index (χ1v) is 15.5. The third-order valence-corrected chi connectivity index (χ3v) is 8.90. The number of halogens is 2. The summed E-state index contributed by atoms with van der Waals surface area (Å²) in [6, 6.07) is 26.8. The molecular weight excluding hydrogens is 515 g/mol. The third-order valence-electron chi connectivity index (χ3n) is 5.60.